The van der Waals surface area contributed by atoms with Crippen LogP contribution < -0.4 is 14.8 Å². The van der Waals surface area contributed by atoms with Crippen molar-refractivity contribution < 1.29 is 9.47 Å². The number of aryl methyl sites for hydroxylation is 4. The predicted octanol–water partition coefficient (Wildman–Crippen LogP) is 6.42. The zero-order chi connectivity index (χ0) is 24.4. The molecule has 4 rings (SSSR count). The first-order valence-corrected chi connectivity index (χ1v) is 11.9. The SMILES string of the molecule is CCC(NCc1ccc(OC)c(OC)c1)c1c2cccc(-c3c(C)cc(C)cc3C)c2nn1C. The molecular formula is C29H35N3O2. The lowest BCUT2D eigenvalue weighted by atomic mass is 9.92. The fraction of sp³-hybridized carbons (Fsp3) is 0.345. The van der Waals surface area contributed by atoms with Crippen LogP contribution in [0.25, 0.3) is 22.0 Å². The summed E-state index contributed by atoms with van der Waals surface area (Å²) in [5.74, 6) is 1.49. The Balaban J connectivity index is 1.70. The summed E-state index contributed by atoms with van der Waals surface area (Å²) in [6, 6.07) is 17.3. The van der Waals surface area contributed by atoms with Crippen LogP contribution in [-0.4, -0.2) is 24.0 Å². The highest BCUT2D eigenvalue weighted by Crippen LogP contribution is 2.36. The van der Waals surface area contributed by atoms with Gasteiger partial charge in [0.15, 0.2) is 11.5 Å². The number of ether oxygens (including phenoxy) is 2. The van der Waals surface area contributed by atoms with Gasteiger partial charge in [-0.15, -0.1) is 0 Å². The molecule has 0 aliphatic heterocycles. The van der Waals surface area contributed by atoms with Crippen molar-refractivity contribution in [3.05, 3.63) is 76.5 Å². The number of fused-ring (bicyclic) bond motifs is 1. The zero-order valence-corrected chi connectivity index (χ0v) is 21.3. The van der Waals surface area contributed by atoms with E-state index in [9.17, 15) is 0 Å². The molecule has 4 aromatic rings. The van der Waals surface area contributed by atoms with Crippen LogP contribution in [0.3, 0.4) is 0 Å². The smallest absolute Gasteiger partial charge is 0.161 e. The minimum absolute atomic E-state index is 0.165. The molecule has 1 N–H and O–H groups in total. The van der Waals surface area contributed by atoms with Gasteiger partial charge >= 0.3 is 0 Å². The molecule has 5 nitrogen and oxygen atoms in total. The van der Waals surface area contributed by atoms with Crippen LogP contribution in [0.2, 0.25) is 0 Å². The van der Waals surface area contributed by atoms with Crippen molar-refractivity contribution in [2.75, 3.05) is 14.2 Å². The molecule has 0 saturated heterocycles. The third-order valence-corrected chi connectivity index (χ3v) is 6.60. The Hall–Kier alpha value is -3.31. The van der Waals surface area contributed by atoms with E-state index in [4.69, 9.17) is 14.6 Å². The minimum atomic E-state index is 0.165. The molecule has 0 amide bonds. The van der Waals surface area contributed by atoms with Crippen LogP contribution >= 0.6 is 0 Å². The third-order valence-electron chi connectivity index (χ3n) is 6.60. The molecule has 0 radical (unpaired) electrons. The Morgan fingerprint density at radius 1 is 0.941 bits per heavy atom. The minimum Gasteiger partial charge on any atom is -0.493 e. The second kappa shape index (κ2) is 9.90. The molecule has 0 spiro atoms. The average molecular weight is 458 g/mol. The number of hydrogen-bond acceptors (Lipinski definition) is 4. The monoisotopic (exact) mass is 457 g/mol. The molecule has 0 fully saturated rings. The summed E-state index contributed by atoms with van der Waals surface area (Å²) in [7, 11) is 5.37. The van der Waals surface area contributed by atoms with E-state index < -0.39 is 0 Å². The highest BCUT2D eigenvalue weighted by Gasteiger charge is 2.21. The Kier molecular flexibility index (Phi) is 6.94. The Morgan fingerprint density at radius 2 is 1.65 bits per heavy atom. The summed E-state index contributed by atoms with van der Waals surface area (Å²) in [6.07, 6.45) is 0.953. The lowest BCUT2D eigenvalue weighted by molar-refractivity contribution is 0.354. The molecule has 1 atom stereocenters. The summed E-state index contributed by atoms with van der Waals surface area (Å²) >= 11 is 0. The van der Waals surface area contributed by atoms with Crippen LogP contribution in [0.5, 0.6) is 11.5 Å². The summed E-state index contributed by atoms with van der Waals surface area (Å²) in [5.41, 5.74) is 9.76. The van der Waals surface area contributed by atoms with Crippen molar-refractivity contribution in [1.82, 2.24) is 15.1 Å². The normalized spacial score (nSPS) is 12.2. The molecule has 1 aromatic heterocycles. The van der Waals surface area contributed by atoms with Crippen molar-refractivity contribution in [3.8, 4) is 22.6 Å². The van der Waals surface area contributed by atoms with Gasteiger partial charge in [-0.2, -0.15) is 5.10 Å². The fourth-order valence-corrected chi connectivity index (χ4v) is 5.12. The van der Waals surface area contributed by atoms with Gasteiger partial charge in [0.25, 0.3) is 0 Å². The first-order chi connectivity index (χ1) is 16.4. The molecule has 34 heavy (non-hydrogen) atoms. The number of aromatic nitrogens is 2. The van der Waals surface area contributed by atoms with Gasteiger partial charge in [0.1, 0.15) is 5.52 Å². The molecule has 1 unspecified atom stereocenters. The van der Waals surface area contributed by atoms with Crippen LogP contribution in [0.4, 0.5) is 0 Å². The van der Waals surface area contributed by atoms with Gasteiger partial charge in [0, 0.05) is 30.6 Å². The number of benzene rings is 3. The maximum atomic E-state index is 5.47. The second-order valence-electron chi connectivity index (χ2n) is 9.02. The van der Waals surface area contributed by atoms with E-state index in [-0.39, 0.29) is 6.04 Å². The Labute approximate surface area is 202 Å². The molecule has 1 heterocycles. The molecule has 0 aliphatic carbocycles. The van der Waals surface area contributed by atoms with Gasteiger partial charge in [0.2, 0.25) is 0 Å². The largest absolute Gasteiger partial charge is 0.493 e. The molecule has 5 heteroatoms. The van der Waals surface area contributed by atoms with Gasteiger partial charge < -0.3 is 14.8 Å². The Bertz CT molecular complexity index is 1300. The summed E-state index contributed by atoms with van der Waals surface area (Å²) in [6.45, 7) is 9.47. The topological polar surface area (TPSA) is 48.3 Å². The van der Waals surface area contributed by atoms with E-state index in [0.29, 0.717) is 0 Å². The first kappa shape index (κ1) is 23.8. The number of rotatable bonds is 8. The second-order valence-corrected chi connectivity index (χ2v) is 9.02. The van der Waals surface area contributed by atoms with E-state index in [1.54, 1.807) is 14.2 Å². The lowest BCUT2D eigenvalue weighted by Crippen LogP contribution is -2.22. The van der Waals surface area contributed by atoms with E-state index in [1.807, 2.05) is 16.8 Å². The maximum Gasteiger partial charge on any atom is 0.161 e. The summed E-state index contributed by atoms with van der Waals surface area (Å²) < 4.78 is 12.9. The number of nitrogens with one attached hydrogen (secondary N) is 1. The number of hydrogen-bond donors (Lipinski definition) is 1. The third kappa shape index (κ3) is 4.40. The Morgan fingerprint density at radius 3 is 2.29 bits per heavy atom. The van der Waals surface area contributed by atoms with E-state index in [2.05, 4.69) is 76.5 Å². The van der Waals surface area contributed by atoms with Crippen LogP contribution in [0.15, 0.2) is 48.5 Å². The standard InChI is InChI=1S/C29H35N3O2/c1-8-24(30-17-21-12-13-25(33-6)26(16-21)34-7)29-23-11-9-10-22(28(23)31-32(29)5)27-19(3)14-18(2)15-20(27)4/h9-16,24,30H,8,17H2,1-7H3. The summed E-state index contributed by atoms with van der Waals surface area (Å²) in [4.78, 5) is 0. The van der Waals surface area contributed by atoms with Crippen molar-refractivity contribution in [2.45, 2.75) is 46.7 Å². The molecule has 178 valence electrons. The van der Waals surface area contributed by atoms with Crippen LogP contribution in [-0.2, 0) is 13.6 Å². The summed E-state index contributed by atoms with van der Waals surface area (Å²) in [5, 5.41) is 9.95. The van der Waals surface area contributed by atoms with E-state index >= 15 is 0 Å². The van der Waals surface area contributed by atoms with Gasteiger partial charge in [-0.05, 0) is 61.6 Å². The number of nitrogens with zero attached hydrogens (tertiary/aromatic N) is 2. The average Bonchev–Trinajstić information content (AvgIpc) is 3.15. The zero-order valence-electron chi connectivity index (χ0n) is 21.3. The quantitative estimate of drug-likeness (QED) is 0.331. The van der Waals surface area contributed by atoms with Crippen molar-refractivity contribution >= 4 is 10.9 Å². The van der Waals surface area contributed by atoms with Gasteiger partial charge in [-0.1, -0.05) is 48.9 Å². The lowest BCUT2D eigenvalue weighted by Gasteiger charge is -2.19. The van der Waals surface area contributed by atoms with Crippen LogP contribution in [0, 0.1) is 20.8 Å². The van der Waals surface area contributed by atoms with Crippen LogP contribution in [0.1, 0.15) is 47.3 Å². The maximum absolute atomic E-state index is 5.47. The molecule has 3 aromatic carbocycles. The molecule has 0 bridgehead atoms. The highest BCUT2D eigenvalue weighted by atomic mass is 16.5. The van der Waals surface area contributed by atoms with Crippen molar-refractivity contribution in [1.29, 1.82) is 0 Å². The predicted molar refractivity (Wildman–Crippen MR) is 140 cm³/mol. The van der Waals surface area contributed by atoms with E-state index in [1.165, 1.54) is 38.9 Å². The fourth-order valence-electron chi connectivity index (χ4n) is 5.12. The highest BCUT2D eigenvalue weighted by molar-refractivity contribution is 5.97. The molecule has 0 aliphatic rings. The van der Waals surface area contributed by atoms with Crippen molar-refractivity contribution in [3.63, 3.8) is 0 Å². The first-order valence-electron chi connectivity index (χ1n) is 11.9. The van der Waals surface area contributed by atoms with Crippen molar-refractivity contribution in [2.24, 2.45) is 7.05 Å². The van der Waals surface area contributed by atoms with Gasteiger partial charge in [-0.25, -0.2) is 0 Å². The van der Waals surface area contributed by atoms with Gasteiger partial charge in [0.05, 0.1) is 19.9 Å². The molecule has 0 saturated carbocycles. The van der Waals surface area contributed by atoms with Gasteiger partial charge in [-0.3, -0.25) is 4.68 Å². The van der Waals surface area contributed by atoms with E-state index in [0.717, 1.165) is 35.5 Å². The number of methoxy groups -OCH3 is 2. The molecular weight excluding hydrogens is 422 g/mol.